The lowest BCUT2D eigenvalue weighted by Crippen LogP contribution is -2.13. The average Bonchev–Trinajstić information content (AvgIpc) is 2.54. The Kier molecular flexibility index (Phi) is 5.16. The summed E-state index contributed by atoms with van der Waals surface area (Å²) in [5.74, 6) is -1.29. The van der Waals surface area contributed by atoms with Gasteiger partial charge in [0.15, 0.2) is 0 Å². The van der Waals surface area contributed by atoms with Gasteiger partial charge >= 0.3 is 5.97 Å². The Bertz CT molecular complexity index is 705. The Morgan fingerprint density at radius 2 is 1.61 bits per heavy atom. The first-order chi connectivity index (χ1) is 10.9. The predicted molar refractivity (Wildman–Crippen MR) is 91.0 cm³/mol. The number of nitrogens with one attached hydrogen (secondary N) is 1. The predicted octanol–water partition coefficient (Wildman–Crippen LogP) is 4.25. The Morgan fingerprint density at radius 3 is 2.17 bits per heavy atom. The van der Waals surface area contributed by atoms with Crippen molar-refractivity contribution in [3.63, 3.8) is 0 Å². The van der Waals surface area contributed by atoms with Crippen molar-refractivity contribution in [2.24, 2.45) is 0 Å². The molecule has 0 bridgehead atoms. The number of benzene rings is 2. The summed E-state index contributed by atoms with van der Waals surface area (Å²) < 4.78 is 0. The van der Waals surface area contributed by atoms with Crippen molar-refractivity contribution in [1.82, 2.24) is 0 Å². The molecule has 4 heteroatoms. The number of rotatable bonds is 5. The van der Waals surface area contributed by atoms with Crippen LogP contribution in [0.15, 0.2) is 48.5 Å². The van der Waals surface area contributed by atoms with Crippen LogP contribution in [0, 0.1) is 0 Å². The molecule has 0 fully saturated rings. The maximum atomic E-state index is 12.3. The molecule has 0 heterocycles. The molecule has 0 saturated heterocycles. The summed E-state index contributed by atoms with van der Waals surface area (Å²) in [6.07, 6.45) is 0. The van der Waals surface area contributed by atoms with E-state index in [4.69, 9.17) is 5.11 Å². The zero-order chi connectivity index (χ0) is 17.0. The van der Waals surface area contributed by atoms with Crippen molar-refractivity contribution in [2.45, 2.75) is 32.6 Å². The minimum absolute atomic E-state index is 0.208. The molecule has 0 aliphatic heterocycles. The largest absolute Gasteiger partial charge is 0.481 e. The Hall–Kier alpha value is -2.62. The highest BCUT2D eigenvalue weighted by Crippen LogP contribution is 2.20. The summed E-state index contributed by atoms with van der Waals surface area (Å²) in [6.45, 7) is 5.82. The summed E-state index contributed by atoms with van der Waals surface area (Å²) in [4.78, 5) is 23.3. The molecule has 0 aliphatic rings. The first-order valence-corrected chi connectivity index (χ1v) is 7.62. The van der Waals surface area contributed by atoms with Crippen molar-refractivity contribution >= 4 is 17.6 Å². The molecule has 2 aromatic rings. The van der Waals surface area contributed by atoms with E-state index < -0.39 is 11.9 Å². The highest BCUT2D eigenvalue weighted by molar-refractivity contribution is 6.04. The number of aliphatic carboxylic acids is 1. The normalized spacial score (nSPS) is 12.0. The number of hydrogen-bond acceptors (Lipinski definition) is 2. The number of carboxylic acid groups (broad SMARTS) is 1. The Balaban J connectivity index is 2.14. The van der Waals surface area contributed by atoms with E-state index in [2.05, 4.69) is 19.2 Å². The van der Waals surface area contributed by atoms with Gasteiger partial charge in [-0.3, -0.25) is 9.59 Å². The van der Waals surface area contributed by atoms with E-state index >= 15 is 0 Å². The molecule has 0 spiro atoms. The second-order valence-electron chi connectivity index (χ2n) is 5.92. The zero-order valence-electron chi connectivity index (χ0n) is 13.5. The van der Waals surface area contributed by atoms with Gasteiger partial charge in [0.05, 0.1) is 5.92 Å². The lowest BCUT2D eigenvalue weighted by Gasteiger charge is -2.11. The van der Waals surface area contributed by atoms with Crippen LogP contribution in [-0.2, 0) is 4.79 Å². The van der Waals surface area contributed by atoms with Crippen LogP contribution in [0.4, 0.5) is 5.69 Å². The van der Waals surface area contributed by atoms with Gasteiger partial charge in [0, 0.05) is 11.3 Å². The van der Waals surface area contributed by atoms with Gasteiger partial charge in [0.25, 0.3) is 5.91 Å². The molecule has 23 heavy (non-hydrogen) atoms. The van der Waals surface area contributed by atoms with Crippen molar-refractivity contribution in [3.8, 4) is 0 Å². The van der Waals surface area contributed by atoms with Gasteiger partial charge in [0.1, 0.15) is 0 Å². The standard InChI is InChI=1S/C19H21NO3/c1-12(2)14-7-9-15(10-8-14)18(21)20-17-6-4-5-16(11-17)13(3)19(22)23/h4-13H,1-3H3,(H,20,21)(H,22,23). The first-order valence-electron chi connectivity index (χ1n) is 7.62. The second kappa shape index (κ2) is 7.09. The smallest absolute Gasteiger partial charge is 0.310 e. The quantitative estimate of drug-likeness (QED) is 0.867. The van der Waals surface area contributed by atoms with Crippen LogP contribution < -0.4 is 5.32 Å². The molecule has 0 radical (unpaired) electrons. The molecule has 1 atom stereocenters. The van der Waals surface area contributed by atoms with Crippen molar-refractivity contribution in [3.05, 3.63) is 65.2 Å². The van der Waals surface area contributed by atoms with Crippen molar-refractivity contribution < 1.29 is 14.7 Å². The maximum Gasteiger partial charge on any atom is 0.310 e. The van der Waals surface area contributed by atoms with E-state index in [1.165, 1.54) is 5.56 Å². The number of carbonyl (C=O) groups is 2. The number of hydrogen-bond donors (Lipinski definition) is 2. The monoisotopic (exact) mass is 311 g/mol. The third-order valence-electron chi connectivity index (χ3n) is 3.85. The van der Waals surface area contributed by atoms with Crippen LogP contribution in [0.5, 0.6) is 0 Å². The highest BCUT2D eigenvalue weighted by Gasteiger charge is 2.14. The Labute approximate surface area is 136 Å². The van der Waals surface area contributed by atoms with Gasteiger partial charge in [0.2, 0.25) is 0 Å². The fourth-order valence-electron chi connectivity index (χ4n) is 2.25. The van der Waals surface area contributed by atoms with Gasteiger partial charge in [-0.15, -0.1) is 0 Å². The molecular weight excluding hydrogens is 290 g/mol. The lowest BCUT2D eigenvalue weighted by molar-refractivity contribution is -0.138. The first kappa shape index (κ1) is 16.7. The molecule has 2 N–H and O–H groups in total. The van der Waals surface area contributed by atoms with Crippen molar-refractivity contribution in [1.29, 1.82) is 0 Å². The van der Waals surface area contributed by atoms with E-state index in [1.807, 2.05) is 12.1 Å². The lowest BCUT2D eigenvalue weighted by atomic mass is 10.0. The van der Waals surface area contributed by atoms with Crippen LogP contribution in [0.2, 0.25) is 0 Å². The summed E-state index contributed by atoms with van der Waals surface area (Å²) in [5.41, 5.74) is 3.00. The topological polar surface area (TPSA) is 66.4 Å². The Morgan fingerprint density at radius 1 is 0.957 bits per heavy atom. The van der Waals surface area contributed by atoms with Gasteiger partial charge < -0.3 is 10.4 Å². The molecule has 4 nitrogen and oxygen atoms in total. The van der Waals surface area contributed by atoms with Crippen molar-refractivity contribution in [2.75, 3.05) is 5.32 Å². The second-order valence-corrected chi connectivity index (χ2v) is 5.92. The third-order valence-corrected chi connectivity index (χ3v) is 3.85. The molecule has 0 aliphatic carbocycles. The molecule has 0 saturated carbocycles. The van der Waals surface area contributed by atoms with Gasteiger partial charge in [-0.2, -0.15) is 0 Å². The number of carboxylic acids is 1. The SMILES string of the molecule is CC(C)c1ccc(C(=O)Nc2cccc(C(C)C(=O)O)c2)cc1. The highest BCUT2D eigenvalue weighted by atomic mass is 16.4. The number of anilines is 1. The summed E-state index contributed by atoms with van der Waals surface area (Å²) in [7, 11) is 0. The molecule has 0 aromatic heterocycles. The molecular formula is C19H21NO3. The van der Waals surface area contributed by atoms with Gasteiger partial charge in [-0.25, -0.2) is 0 Å². The van der Waals surface area contributed by atoms with E-state index in [1.54, 1.807) is 43.3 Å². The zero-order valence-corrected chi connectivity index (χ0v) is 13.5. The summed E-state index contributed by atoms with van der Waals surface area (Å²) >= 11 is 0. The summed E-state index contributed by atoms with van der Waals surface area (Å²) in [6, 6.07) is 14.4. The van der Waals surface area contributed by atoms with Crippen LogP contribution in [-0.4, -0.2) is 17.0 Å². The number of carbonyl (C=O) groups excluding carboxylic acids is 1. The van der Waals surface area contributed by atoms with Gasteiger partial charge in [-0.05, 0) is 48.2 Å². The molecule has 120 valence electrons. The van der Waals surface area contributed by atoms with Crippen LogP contribution in [0.1, 0.15) is 54.1 Å². The maximum absolute atomic E-state index is 12.3. The molecule has 1 unspecified atom stereocenters. The van der Waals surface area contributed by atoms with Crippen LogP contribution >= 0.6 is 0 Å². The minimum Gasteiger partial charge on any atom is -0.481 e. The fourth-order valence-corrected chi connectivity index (χ4v) is 2.25. The van der Waals surface area contributed by atoms with E-state index in [0.29, 0.717) is 22.7 Å². The van der Waals surface area contributed by atoms with E-state index in [0.717, 1.165) is 0 Å². The van der Waals surface area contributed by atoms with Crippen LogP contribution in [0.3, 0.4) is 0 Å². The third kappa shape index (κ3) is 4.19. The fraction of sp³-hybridized carbons (Fsp3) is 0.263. The summed E-state index contributed by atoms with van der Waals surface area (Å²) in [5, 5.41) is 11.9. The number of amides is 1. The molecule has 2 aromatic carbocycles. The van der Waals surface area contributed by atoms with E-state index in [9.17, 15) is 9.59 Å². The molecule has 2 rings (SSSR count). The van der Waals surface area contributed by atoms with E-state index in [-0.39, 0.29) is 5.91 Å². The van der Waals surface area contributed by atoms with Crippen LogP contribution in [0.25, 0.3) is 0 Å². The van der Waals surface area contributed by atoms with Gasteiger partial charge in [-0.1, -0.05) is 38.1 Å². The average molecular weight is 311 g/mol. The minimum atomic E-state index is -0.891. The molecule has 1 amide bonds.